The van der Waals surface area contributed by atoms with Gasteiger partial charge in [0.2, 0.25) is 0 Å². The number of hydrogen-bond acceptors (Lipinski definition) is 0. The summed E-state index contributed by atoms with van der Waals surface area (Å²) in [5, 5.41) is 7.72. The highest BCUT2D eigenvalue weighted by atomic mass is 14.4. The molecule has 0 saturated heterocycles. The van der Waals surface area contributed by atoms with Crippen LogP contribution < -0.4 is 0 Å². The molecule has 0 unspecified atom stereocenters. The minimum absolute atomic E-state index is 0.0964. The van der Waals surface area contributed by atoms with E-state index in [9.17, 15) is 0 Å². The summed E-state index contributed by atoms with van der Waals surface area (Å²) in [5.74, 6) is 0. The van der Waals surface area contributed by atoms with Crippen LogP contribution >= 0.6 is 0 Å². The first kappa shape index (κ1) is 26.0. The van der Waals surface area contributed by atoms with E-state index in [2.05, 4.69) is 172 Å². The molecule has 0 aliphatic heterocycles. The Bertz CT molecular complexity index is 2380. The van der Waals surface area contributed by atoms with E-state index in [0.717, 1.165) is 0 Å². The Morgan fingerprint density at radius 3 is 1.51 bits per heavy atom. The second kappa shape index (κ2) is 9.78. The average molecular weight is 573 g/mol. The maximum atomic E-state index is 2.39. The summed E-state index contributed by atoms with van der Waals surface area (Å²) in [5.41, 5.74) is 13.2. The summed E-state index contributed by atoms with van der Waals surface area (Å²) in [6.45, 7) is 4.77. The van der Waals surface area contributed by atoms with Crippen molar-refractivity contribution in [3.05, 3.63) is 169 Å². The predicted molar refractivity (Wildman–Crippen MR) is 193 cm³/mol. The summed E-state index contributed by atoms with van der Waals surface area (Å²) in [6, 6.07) is 58.3. The zero-order valence-electron chi connectivity index (χ0n) is 25.5. The third-order valence-corrected chi connectivity index (χ3v) is 10.1. The van der Waals surface area contributed by atoms with Crippen LogP contribution in [0, 0.1) is 0 Å². The molecule has 0 bridgehead atoms. The van der Waals surface area contributed by atoms with E-state index in [4.69, 9.17) is 0 Å². The van der Waals surface area contributed by atoms with Crippen molar-refractivity contribution in [1.82, 2.24) is 0 Å². The van der Waals surface area contributed by atoms with Crippen LogP contribution in [0.2, 0.25) is 0 Å². The first-order valence-electron chi connectivity index (χ1n) is 15.9. The number of benzene rings is 8. The van der Waals surface area contributed by atoms with Crippen molar-refractivity contribution in [2.24, 2.45) is 0 Å². The predicted octanol–water partition coefficient (Wildman–Crippen LogP) is 12.5. The van der Waals surface area contributed by atoms with E-state index in [1.54, 1.807) is 0 Å². The fourth-order valence-electron chi connectivity index (χ4n) is 8.08. The fourth-order valence-corrected chi connectivity index (χ4v) is 8.08. The number of hydrogen-bond donors (Lipinski definition) is 0. The molecule has 0 N–H and O–H groups in total. The van der Waals surface area contributed by atoms with Gasteiger partial charge in [-0.25, -0.2) is 0 Å². The Hall–Kier alpha value is -5.46. The van der Waals surface area contributed by atoms with E-state index >= 15 is 0 Å². The Kier molecular flexibility index (Phi) is 5.64. The van der Waals surface area contributed by atoms with Gasteiger partial charge in [-0.2, -0.15) is 0 Å². The van der Waals surface area contributed by atoms with Crippen molar-refractivity contribution in [2.75, 3.05) is 0 Å². The maximum Gasteiger partial charge on any atom is 0.0165 e. The van der Waals surface area contributed by atoms with Crippen LogP contribution in [0.5, 0.6) is 0 Å². The van der Waals surface area contributed by atoms with Crippen LogP contribution in [-0.4, -0.2) is 0 Å². The third-order valence-electron chi connectivity index (χ3n) is 10.1. The van der Waals surface area contributed by atoms with Gasteiger partial charge in [0.25, 0.3) is 0 Å². The molecular formula is C45H32. The molecule has 212 valence electrons. The van der Waals surface area contributed by atoms with E-state index < -0.39 is 0 Å². The van der Waals surface area contributed by atoms with E-state index in [1.807, 2.05) is 0 Å². The Balaban J connectivity index is 1.29. The number of fused-ring (bicyclic) bond motifs is 6. The van der Waals surface area contributed by atoms with Crippen molar-refractivity contribution in [3.8, 4) is 44.5 Å². The van der Waals surface area contributed by atoms with Gasteiger partial charge in [-0.05, 0) is 88.0 Å². The van der Waals surface area contributed by atoms with Crippen LogP contribution in [0.15, 0.2) is 158 Å². The van der Waals surface area contributed by atoms with Gasteiger partial charge in [-0.15, -0.1) is 0 Å². The molecule has 0 heteroatoms. The van der Waals surface area contributed by atoms with Gasteiger partial charge in [-0.1, -0.05) is 172 Å². The first-order valence-corrected chi connectivity index (χ1v) is 15.9. The fraction of sp³-hybridized carbons (Fsp3) is 0.0667. The molecule has 8 aromatic carbocycles. The van der Waals surface area contributed by atoms with E-state index in [1.165, 1.54) is 88.0 Å². The van der Waals surface area contributed by atoms with E-state index in [-0.39, 0.29) is 5.41 Å². The van der Waals surface area contributed by atoms with Crippen molar-refractivity contribution in [1.29, 1.82) is 0 Å². The van der Waals surface area contributed by atoms with Gasteiger partial charge in [0.15, 0.2) is 0 Å². The lowest BCUT2D eigenvalue weighted by molar-refractivity contribution is 0.662. The smallest absolute Gasteiger partial charge is 0.0165 e. The lowest BCUT2D eigenvalue weighted by atomic mass is 9.77. The summed E-state index contributed by atoms with van der Waals surface area (Å²) in [7, 11) is 0. The lowest BCUT2D eigenvalue weighted by Gasteiger charge is -2.26. The minimum Gasteiger partial charge on any atom is -0.0619 e. The molecule has 0 atom stereocenters. The van der Waals surface area contributed by atoms with Crippen LogP contribution in [0.3, 0.4) is 0 Å². The molecule has 9 rings (SSSR count). The molecule has 0 heterocycles. The zero-order valence-corrected chi connectivity index (χ0v) is 25.5. The van der Waals surface area contributed by atoms with Crippen molar-refractivity contribution in [2.45, 2.75) is 19.3 Å². The quantitative estimate of drug-likeness (QED) is 0.185. The standard InChI is InChI=1S/C45H32/c1-45(2)41-24-10-9-16-34(41)39-22-12-23-40(44(39)45)43-37-19-7-5-17-35(37)42(36-18-6-8-20-38(36)43)31-27-25-30(26-28-31)33-21-11-14-29-13-3-4-15-32(29)33/h3-28H,1-2H3. The SMILES string of the molecule is CC1(C)c2ccccc2-c2cccc(-c3c4ccccc4c(-c4ccc(-c5cccc6ccccc56)cc4)c4ccccc34)c21. The van der Waals surface area contributed by atoms with Gasteiger partial charge >= 0.3 is 0 Å². The summed E-state index contributed by atoms with van der Waals surface area (Å²) in [6.07, 6.45) is 0. The largest absolute Gasteiger partial charge is 0.0619 e. The minimum atomic E-state index is -0.0964. The Labute approximate surface area is 264 Å². The Morgan fingerprint density at radius 1 is 0.333 bits per heavy atom. The van der Waals surface area contributed by atoms with Gasteiger partial charge in [0, 0.05) is 5.41 Å². The topological polar surface area (TPSA) is 0 Å². The molecule has 0 radical (unpaired) electrons. The summed E-state index contributed by atoms with van der Waals surface area (Å²) < 4.78 is 0. The van der Waals surface area contributed by atoms with E-state index in [0.29, 0.717) is 0 Å². The maximum absolute atomic E-state index is 2.39. The average Bonchev–Trinajstić information content (AvgIpc) is 3.33. The molecule has 8 aromatic rings. The van der Waals surface area contributed by atoms with Gasteiger partial charge in [0.05, 0.1) is 0 Å². The molecule has 1 aliphatic carbocycles. The molecule has 0 amide bonds. The summed E-state index contributed by atoms with van der Waals surface area (Å²) >= 11 is 0. The lowest BCUT2D eigenvalue weighted by Crippen LogP contribution is -2.16. The molecule has 0 fully saturated rings. The Morgan fingerprint density at radius 2 is 0.800 bits per heavy atom. The van der Waals surface area contributed by atoms with Gasteiger partial charge < -0.3 is 0 Å². The molecule has 0 nitrogen and oxygen atoms in total. The second-order valence-corrected chi connectivity index (χ2v) is 12.8. The van der Waals surface area contributed by atoms with Crippen LogP contribution in [0.4, 0.5) is 0 Å². The van der Waals surface area contributed by atoms with Crippen LogP contribution in [-0.2, 0) is 5.41 Å². The first-order chi connectivity index (χ1) is 22.1. The molecule has 45 heavy (non-hydrogen) atoms. The molecular weight excluding hydrogens is 540 g/mol. The highest BCUT2D eigenvalue weighted by Gasteiger charge is 2.37. The summed E-state index contributed by atoms with van der Waals surface area (Å²) in [4.78, 5) is 0. The molecule has 0 aromatic heterocycles. The normalized spacial score (nSPS) is 13.3. The third kappa shape index (κ3) is 3.79. The van der Waals surface area contributed by atoms with Gasteiger partial charge in [-0.3, -0.25) is 0 Å². The molecule has 1 aliphatic rings. The van der Waals surface area contributed by atoms with Gasteiger partial charge in [0.1, 0.15) is 0 Å². The highest BCUT2D eigenvalue weighted by molar-refractivity contribution is 6.22. The highest BCUT2D eigenvalue weighted by Crippen LogP contribution is 2.54. The molecule has 0 saturated carbocycles. The van der Waals surface area contributed by atoms with Crippen molar-refractivity contribution in [3.63, 3.8) is 0 Å². The zero-order chi connectivity index (χ0) is 30.1. The molecule has 0 spiro atoms. The van der Waals surface area contributed by atoms with Crippen LogP contribution in [0.25, 0.3) is 76.8 Å². The van der Waals surface area contributed by atoms with Crippen LogP contribution in [0.1, 0.15) is 25.0 Å². The second-order valence-electron chi connectivity index (χ2n) is 12.8. The monoisotopic (exact) mass is 572 g/mol. The van der Waals surface area contributed by atoms with Crippen molar-refractivity contribution >= 4 is 32.3 Å². The van der Waals surface area contributed by atoms with Crippen molar-refractivity contribution < 1.29 is 0 Å². The number of rotatable bonds is 3.